The number of halogens is 3. The molecule has 3 saturated heterocycles. The van der Waals surface area contributed by atoms with E-state index in [9.17, 15) is 26.4 Å². The number of hydrogen-bond acceptors (Lipinski definition) is 5. The summed E-state index contributed by atoms with van der Waals surface area (Å²) in [6.07, 6.45) is 2.17. The van der Waals surface area contributed by atoms with E-state index in [4.69, 9.17) is 0 Å². The molecule has 0 unspecified atom stereocenters. The van der Waals surface area contributed by atoms with Crippen LogP contribution in [-0.4, -0.2) is 50.4 Å². The fourth-order valence-electron chi connectivity index (χ4n) is 3.93. The highest BCUT2D eigenvalue weighted by molar-refractivity contribution is 7.93. The van der Waals surface area contributed by atoms with Gasteiger partial charge in [-0.25, -0.2) is 0 Å². The van der Waals surface area contributed by atoms with Crippen LogP contribution in [0.5, 0.6) is 0 Å². The quantitative estimate of drug-likeness (QED) is 0.718. The largest absolute Gasteiger partial charge is 0.516 e. The van der Waals surface area contributed by atoms with Gasteiger partial charge in [0.2, 0.25) is 0 Å². The van der Waals surface area contributed by atoms with Gasteiger partial charge in [-0.3, -0.25) is 9.52 Å². The van der Waals surface area contributed by atoms with Gasteiger partial charge in [-0.1, -0.05) is 12.1 Å². The molecule has 1 aromatic heterocycles. The minimum Gasteiger partial charge on any atom is -0.347 e. The number of anilines is 1. The lowest BCUT2D eigenvalue weighted by Gasteiger charge is -2.44. The fourth-order valence-corrected chi connectivity index (χ4v) is 5.39. The van der Waals surface area contributed by atoms with Crippen LogP contribution in [0.4, 0.5) is 18.9 Å². The average Bonchev–Trinajstić information content (AvgIpc) is 3.18. The van der Waals surface area contributed by atoms with Crippen LogP contribution in [-0.2, 0) is 10.0 Å². The zero-order valence-electron chi connectivity index (χ0n) is 15.8. The molecule has 30 heavy (non-hydrogen) atoms. The molecule has 2 bridgehead atoms. The van der Waals surface area contributed by atoms with Crippen molar-refractivity contribution in [3.63, 3.8) is 0 Å². The SMILES string of the molecule is O=C(N[C@H]1CN2CCC1CC2)c1ccc(-c2cccc(NS(=O)(=O)C(F)(F)F)c2)s1. The molecule has 1 atom stereocenters. The van der Waals surface area contributed by atoms with Crippen LogP contribution in [0, 0.1) is 5.92 Å². The van der Waals surface area contributed by atoms with E-state index in [0.717, 1.165) is 32.5 Å². The van der Waals surface area contributed by atoms with Gasteiger partial charge < -0.3 is 10.2 Å². The first-order chi connectivity index (χ1) is 14.1. The summed E-state index contributed by atoms with van der Waals surface area (Å²) in [6, 6.07) is 9.15. The number of amides is 1. The number of alkyl halides is 3. The Labute approximate surface area is 176 Å². The van der Waals surface area contributed by atoms with Crippen molar-refractivity contribution in [1.29, 1.82) is 0 Å². The van der Waals surface area contributed by atoms with Crippen molar-refractivity contribution in [3.05, 3.63) is 41.3 Å². The number of carbonyl (C=O) groups excluding carboxylic acids is 1. The van der Waals surface area contributed by atoms with Crippen molar-refractivity contribution in [2.45, 2.75) is 24.4 Å². The molecule has 0 aliphatic carbocycles. The highest BCUT2D eigenvalue weighted by Crippen LogP contribution is 2.32. The van der Waals surface area contributed by atoms with Crippen LogP contribution < -0.4 is 10.0 Å². The molecule has 0 saturated carbocycles. The molecule has 2 N–H and O–H groups in total. The number of thiophene rings is 1. The van der Waals surface area contributed by atoms with Crippen LogP contribution in [0.15, 0.2) is 36.4 Å². The number of carbonyl (C=O) groups is 1. The highest BCUT2D eigenvalue weighted by Gasteiger charge is 2.46. The number of piperidine rings is 3. The van der Waals surface area contributed by atoms with Gasteiger partial charge in [0.1, 0.15) is 0 Å². The van der Waals surface area contributed by atoms with Gasteiger partial charge in [-0.2, -0.15) is 21.6 Å². The number of rotatable bonds is 5. The number of nitrogens with one attached hydrogen (secondary N) is 2. The first-order valence-corrected chi connectivity index (χ1v) is 11.7. The van der Waals surface area contributed by atoms with Crippen molar-refractivity contribution in [2.75, 3.05) is 24.4 Å². The van der Waals surface area contributed by atoms with Crippen LogP contribution in [0.3, 0.4) is 0 Å². The molecule has 0 radical (unpaired) electrons. The predicted molar refractivity (Wildman–Crippen MR) is 109 cm³/mol. The monoisotopic (exact) mass is 459 g/mol. The van der Waals surface area contributed by atoms with Crippen LogP contribution in [0.1, 0.15) is 22.5 Å². The maximum absolute atomic E-state index is 12.7. The van der Waals surface area contributed by atoms with Crippen LogP contribution >= 0.6 is 11.3 Å². The Balaban J connectivity index is 1.47. The molecule has 3 aliphatic heterocycles. The first-order valence-electron chi connectivity index (χ1n) is 9.45. The van der Waals surface area contributed by atoms with Gasteiger partial charge in [0.25, 0.3) is 5.91 Å². The molecule has 162 valence electrons. The zero-order valence-corrected chi connectivity index (χ0v) is 17.4. The normalized spacial score (nSPS) is 23.9. The lowest BCUT2D eigenvalue weighted by atomic mass is 9.84. The van der Waals surface area contributed by atoms with Crippen molar-refractivity contribution in [1.82, 2.24) is 10.2 Å². The van der Waals surface area contributed by atoms with E-state index in [-0.39, 0.29) is 17.6 Å². The summed E-state index contributed by atoms with van der Waals surface area (Å²) in [6.45, 7) is 3.01. The number of benzene rings is 1. The van der Waals surface area contributed by atoms with Crippen molar-refractivity contribution in [3.8, 4) is 10.4 Å². The molecule has 5 rings (SSSR count). The van der Waals surface area contributed by atoms with Gasteiger partial charge in [0, 0.05) is 23.2 Å². The highest BCUT2D eigenvalue weighted by atomic mass is 32.2. The second kappa shape index (κ2) is 7.86. The van der Waals surface area contributed by atoms with E-state index in [1.54, 1.807) is 18.2 Å². The van der Waals surface area contributed by atoms with Crippen molar-refractivity contribution in [2.24, 2.45) is 5.92 Å². The molecule has 3 fully saturated rings. The van der Waals surface area contributed by atoms with E-state index < -0.39 is 15.5 Å². The molecule has 2 aromatic rings. The Morgan fingerprint density at radius 3 is 2.50 bits per heavy atom. The number of hydrogen-bond donors (Lipinski definition) is 2. The third-order valence-corrected chi connectivity index (χ3v) is 7.75. The summed E-state index contributed by atoms with van der Waals surface area (Å²) in [5.41, 5.74) is -5.08. The summed E-state index contributed by atoms with van der Waals surface area (Å²) >= 11 is 1.21. The Morgan fingerprint density at radius 1 is 1.13 bits per heavy atom. The van der Waals surface area contributed by atoms with Gasteiger partial charge in [0.05, 0.1) is 4.88 Å². The smallest absolute Gasteiger partial charge is 0.347 e. The van der Waals surface area contributed by atoms with Crippen LogP contribution in [0.2, 0.25) is 0 Å². The molecule has 0 spiro atoms. The zero-order chi connectivity index (χ0) is 21.5. The van der Waals surface area contributed by atoms with E-state index in [2.05, 4.69) is 10.2 Å². The molecule has 1 amide bonds. The summed E-state index contributed by atoms with van der Waals surface area (Å²) in [5.74, 6) is 0.329. The lowest BCUT2D eigenvalue weighted by molar-refractivity contribution is -0.0429. The standard InChI is InChI=1S/C19H20F3N3O3S2/c20-19(21,22)30(27,28)24-14-3-1-2-13(10-14)16-4-5-17(29-16)18(26)23-15-11-25-8-6-12(15)7-9-25/h1-5,10,12,15,24H,6-9,11H2,(H,23,26)/t15-/m0/s1. The van der Waals surface area contributed by atoms with Gasteiger partial charge in [0.15, 0.2) is 0 Å². The molecule has 6 nitrogen and oxygen atoms in total. The Hall–Kier alpha value is -2.11. The van der Waals surface area contributed by atoms with Crippen molar-refractivity contribution >= 4 is 33.0 Å². The number of nitrogens with zero attached hydrogens (tertiary/aromatic N) is 1. The third kappa shape index (κ3) is 4.33. The van der Waals surface area contributed by atoms with E-state index in [0.29, 0.717) is 21.2 Å². The van der Waals surface area contributed by atoms with Gasteiger partial charge in [-0.15, -0.1) is 11.3 Å². The number of fused-ring (bicyclic) bond motifs is 3. The van der Waals surface area contributed by atoms with E-state index >= 15 is 0 Å². The van der Waals surface area contributed by atoms with E-state index in [1.165, 1.54) is 34.3 Å². The van der Waals surface area contributed by atoms with Gasteiger partial charge >= 0.3 is 15.5 Å². The van der Waals surface area contributed by atoms with Crippen molar-refractivity contribution < 1.29 is 26.4 Å². The fraction of sp³-hybridized carbons (Fsp3) is 0.421. The lowest BCUT2D eigenvalue weighted by Crippen LogP contribution is -2.57. The Morgan fingerprint density at radius 2 is 1.87 bits per heavy atom. The summed E-state index contributed by atoms with van der Waals surface area (Å²) in [7, 11) is -5.49. The van der Waals surface area contributed by atoms with Crippen LogP contribution in [0.25, 0.3) is 10.4 Å². The average molecular weight is 460 g/mol. The topological polar surface area (TPSA) is 78.5 Å². The summed E-state index contributed by atoms with van der Waals surface area (Å²) in [4.78, 5) is 16.2. The molecule has 1 aromatic carbocycles. The minimum atomic E-state index is -5.49. The second-order valence-corrected chi connectivity index (χ2v) is 10.3. The number of sulfonamides is 1. The van der Waals surface area contributed by atoms with E-state index in [1.807, 2.05) is 0 Å². The molecular weight excluding hydrogens is 439 g/mol. The maximum atomic E-state index is 12.7. The first kappa shape index (κ1) is 21.1. The Kier molecular flexibility index (Phi) is 5.54. The summed E-state index contributed by atoms with van der Waals surface area (Å²) < 4.78 is 61.9. The Bertz CT molecular complexity index is 1040. The third-order valence-electron chi connectivity index (χ3n) is 5.51. The molecular formula is C19H20F3N3O3S2. The minimum absolute atomic E-state index is 0.130. The van der Waals surface area contributed by atoms with Gasteiger partial charge in [-0.05, 0) is 61.7 Å². The molecule has 11 heteroatoms. The molecule has 4 heterocycles. The maximum Gasteiger partial charge on any atom is 0.516 e. The summed E-state index contributed by atoms with van der Waals surface area (Å²) in [5, 5.41) is 3.10. The second-order valence-electron chi connectivity index (χ2n) is 7.51. The predicted octanol–water partition coefficient (Wildman–Crippen LogP) is 3.50. The molecule has 3 aliphatic rings.